The number of hydrogen-bond acceptors (Lipinski definition) is 4. The molecule has 0 radical (unpaired) electrons. The number of rotatable bonds is 4. The lowest BCUT2D eigenvalue weighted by atomic mass is 9.99. The fourth-order valence-corrected chi connectivity index (χ4v) is 6.38. The number of carbonyl (C=O) groups excluding carboxylic acids is 1. The van der Waals surface area contributed by atoms with Crippen molar-refractivity contribution in [2.24, 2.45) is 0 Å². The summed E-state index contributed by atoms with van der Waals surface area (Å²) in [6, 6.07) is 2.26. The summed E-state index contributed by atoms with van der Waals surface area (Å²) in [6.45, 7) is 1.36. The third-order valence-corrected chi connectivity index (χ3v) is 8.36. The summed E-state index contributed by atoms with van der Waals surface area (Å²) in [4.78, 5) is 14.8. The Labute approximate surface area is 160 Å². The van der Waals surface area contributed by atoms with Crippen LogP contribution in [0.5, 0.6) is 0 Å². The second kappa shape index (κ2) is 6.48. The van der Waals surface area contributed by atoms with Gasteiger partial charge in [-0.3, -0.25) is 4.90 Å². The highest BCUT2D eigenvalue weighted by atomic mass is 32.2. The van der Waals surface area contributed by atoms with E-state index in [1.54, 1.807) is 0 Å². The maximum absolute atomic E-state index is 12.7. The summed E-state index contributed by atoms with van der Waals surface area (Å²) in [5, 5.41) is 2.44. The van der Waals surface area contributed by atoms with Crippen LogP contribution in [0, 0.1) is 0 Å². The average molecular weight is 390 g/mol. The van der Waals surface area contributed by atoms with Crippen molar-refractivity contribution in [2.45, 2.75) is 69.1 Å². The van der Waals surface area contributed by atoms with E-state index in [9.17, 15) is 13.2 Å². The van der Waals surface area contributed by atoms with Crippen LogP contribution in [0.2, 0.25) is 0 Å². The molecule has 1 aromatic rings. The molecule has 0 aromatic heterocycles. The highest BCUT2D eigenvalue weighted by molar-refractivity contribution is 7.90. The smallest absolute Gasteiger partial charge is 0.307 e. The summed E-state index contributed by atoms with van der Waals surface area (Å²) < 4.78 is 27.7. The summed E-state index contributed by atoms with van der Waals surface area (Å²) in [5.74, 6) is 0. The Bertz CT molecular complexity index is 860. The quantitative estimate of drug-likeness (QED) is 0.829. The number of carbonyl (C=O) groups is 1. The monoisotopic (exact) mass is 389 g/mol. The number of benzene rings is 1. The summed E-state index contributed by atoms with van der Waals surface area (Å²) >= 11 is 0. The molecule has 5 rings (SSSR count). The van der Waals surface area contributed by atoms with Crippen molar-refractivity contribution in [2.75, 3.05) is 18.4 Å². The fourth-order valence-electron chi connectivity index (χ4n) is 5.10. The third-order valence-electron chi connectivity index (χ3n) is 6.63. The van der Waals surface area contributed by atoms with Gasteiger partial charge < -0.3 is 5.32 Å². The first-order valence-electron chi connectivity index (χ1n) is 10.2. The van der Waals surface area contributed by atoms with E-state index >= 15 is 0 Å². The molecule has 7 heteroatoms. The van der Waals surface area contributed by atoms with Gasteiger partial charge in [0, 0.05) is 18.3 Å². The van der Waals surface area contributed by atoms with Crippen molar-refractivity contribution in [3.05, 3.63) is 28.3 Å². The van der Waals surface area contributed by atoms with E-state index in [1.807, 2.05) is 0 Å². The standard InChI is InChI=1S/C20H27N3O3S/c24-20(22-27(25,26)16-9-10-23(12-16)15-7-8-15)21-19-17-5-1-3-13(17)11-14-4-2-6-18(14)19/h11,15-16H,1-10,12H2,(H2,21,22,24). The number of amides is 2. The molecule has 146 valence electrons. The molecule has 1 heterocycles. The van der Waals surface area contributed by atoms with Gasteiger partial charge >= 0.3 is 6.03 Å². The van der Waals surface area contributed by atoms with Crippen molar-refractivity contribution in [3.63, 3.8) is 0 Å². The molecule has 4 aliphatic rings. The maximum Gasteiger partial charge on any atom is 0.332 e. The van der Waals surface area contributed by atoms with Crippen LogP contribution in [0.3, 0.4) is 0 Å². The molecule has 0 spiro atoms. The normalized spacial score (nSPS) is 24.7. The molecule has 2 fully saturated rings. The van der Waals surface area contributed by atoms with Gasteiger partial charge in [0.05, 0.1) is 5.25 Å². The number of anilines is 1. The molecular formula is C20H27N3O3S. The number of hydrogen-bond donors (Lipinski definition) is 2. The Kier molecular flexibility index (Phi) is 4.20. The van der Waals surface area contributed by atoms with Crippen LogP contribution < -0.4 is 10.0 Å². The van der Waals surface area contributed by atoms with E-state index in [0.717, 1.165) is 50.8 Å². The first-order chi connectivity index (χ1) is 13.0. The Hall–Kier alpha value is -1.60. The van der Waals surface area contributed by atoms with Crippen molar-refractivity contribution in [1.29, 1.82) is 0 Å². The highest BCUT2D eigenvalue weighted by Crippen LogP contribution is 2.38. The molecule has 2 N–H and O–H groups in total. The number of fused-ring (bicyclic) bond motifs is 2. The van der Waals surface area contributed by atoms with Gasteiger partial charge in [0.25, 0.3) is 0 Å². The van der Waals surface area contributed by atoms with Gasteiger partial charge in [-0.1, -0.05) is 6.07 Å². The molecule has 3 aliphatic carbocycles. The molecule has 1 saturated heterocycles. The van der Waals surface area contributed by atoms with Crippen LogP contribution in [0.4, 0.5) is 10.5 Å². The van der Waals surface area contributed by atoms with Gasteiger partial charge in [0.1, 0.15) is 0 Å². The minimum absolute atomic E-state index is 0.490. The van der Waals surface area contributed by atoms with Crippen molar-refractivity contribution >= 4 is 21.7 Å². The predicted molar refractivity (Wildman–Crippen MR) is 105 cm³/mol. The highest BCUT2D eigenvalue weighted by Gasteiger charge is 2.40. The molecule has 1 saturated carbocycles. The van der Waals surface area contributed by atoms with Gasteiger partial charge in [-0.15, -0.1) is 0 Å². The van der Waals surface area contributed by atoms with E-state index in [1.165, 1.54) is 35.1 Å². The fraction of sp³-hybridized carbons (Fsp3) is 0.650. The third kappa shape index (κ3) is 3.25. The van der Waals surface area contributed by atoms with E-state index in [-0.39, 0.29) is 0 Å². The van der Waals surface area contributed by atoms with E-state index < -0.39 is 21.3 Å². The Morgan fingerprint density at radius 3 is 2.30 bits per heavy atom. The van der Waals surface area contributed by atoms with Gasteiger partial charge in [-0.05, 0) is 86.6 Å². The second-order valence-corrected chi connectivity index (χ2v) is 10.4. The van der Waals surface area contributed by atoms with Crippen LogP contribution >= 0.6 is 0 Å². The van der Waals surface area contributed by atoms with E-state index in [0.29, 0.717) is 19.0 Å². The van der Waals surface area contributed by atoms with Crippen molar-refractivity contribution in [1.82, 2.24) is 9.62 Å². The molecule has 1 unspecified atom stereocenters. The Morgan fingerprint density at radius 1 is 1.00 bits per heavy atom. The first-order valence-corrected chi connectivity index (χ1v) is 11.8. The topological polar surface area (TPSA) is 78.5 Å². The van der Waals surface area contributed by atoms with Gasteiger partial charge in [-0.2, -0.15) is 0 Å². The zero-order valence-corrected chi connectivity index (χ0v) is 16.4. The largest absolute Gasteiger partial charge is 0.332 e. The van der Waals surface area contributed by atoms with Crippen molar-refractivity contribution in [3.8, 4) is 0 Å². The molecular weight excluding hydrogens is 362 g/mol. The molecule has 1 aliphatic heterocycles. The van der Waals surface area contributed by atoms with Crippen LogP contribution in [-0.2, 0) is 35.7 Å². The number of nitrogens with zero attached hydrogens (tertiary/aromatic N) is 1. The van der Waals surface area contributed by atoms with E-state index in [4.69, 9.17) is 0 Å². The summed E-state index contributed by atoms with van der Waals surface area (Å²) in [6.07, 6.45) is 9.18. The van der Waals surface area contributed by atoms with Crippen LogP contribution in [0.15, 0.2) is 6.07 Å². The van der Waals surface area contributed by atoms with Crippen LogP contribution in [-0.4, -0.2) is 43.7 Å². The molecule has 27 heavy (non-hydrogen) atoms. The minimum atomic E-state index is -3.65. The predicted octanol–water partition coefficient (Wildman–Crippen LogP) is 2.35. The second-order valence-electron chi connectivity index (χ2n) is 8.47. The number of sulfonamides is 1. The summed E-state index contributed by atoms with van der Waals surface area (Å²) in [7, 11) is -3.65. The Balaban J connectivity index is 1.31. The van der Waals surface area contributed by atoms with Gasteiger partial charge in [0.15, 0.2) is 0 Å². The van der Waals surface area contributed by atoms with Crippen LogP contribution in [0.25, 0.3) is 0 Å². The number of likely N-dealkylation sites (tertiary alicyclic amines) is 1. The van der Waals surface area contributed by atoms with Gasteiger partial charge in [0.2, 0.25) is 10.0 Å². The Morgan fingerprint density at radius 2 is 1.67 bits per heavy atom. The maximum atomic E-state index is 12.7. The molecule has 2 amide bonds. The molecule has 6 nitrogen and oxygen atoms in total. The molecule has 1 atom stereocenters. The van der Waals surface area contributed by atoms with Crippen LogP contribution in [0.1, 0.15) is 54.4 Å². The minimum Gasteiger partial charge on any atom is -0.307 e. The number of urea groups is 1. The average Bonchev–Trinajstić information content (AvgIpc) is 3.05. The lowest BCUT2D eigenvalue weighted by Gasteiger charge is -2.18. The molecule has 1 aromatic carbocycles. The first kappa shape index (κ1) is 17.5. The number of nitrogens with one attached hydrogen (secondary N) is 2. The van der Waals surface area contributed by atoms with Crippen molar-refractivity contribution < 1.29 is 13.2 Å². The van der Waals surface area contributed by atoms with E-state index in [2.05, 4.69) is 21.0 Å². The SMILES string of the molecule is O=C(Nc1c2c(cc3c1CCC3)CCC2)NS(=O)(=O)C1CCN(C2CC2)C1. The zero-order chi connectivity index (χ0) is 18.6. The lowest BCUT2D eigenvalue weighted by Crippen LogP contribution is -2.42. The number of aryl methyl sites for hydroxylation is 2. The zero-order valence-electron chi connectivity index (χ0n) is 15.6. The molecule has 0 bridgehead atoms. The van der Waals surface area contributed by atoms with Gasteiger partial charge in [-0.25, -0.2) is 17.9 Å². The lowest BCUT2D eigenvalue weighted by molar-refractivity contribution is 0.256. The summed E-state index contributed by atoms with van der Waals surface area (Å²) in [5.41, 5.74) is 5.96.